The lowest BCUT2D eigenvalue weighted by Crippen LogP contribution is -2.44. The predicted octanol–water partition coefficient (Wildman–Crippen LogP) is -0.500. The van der Waals surface area contributed by atoms with E-state index in [-0.39, 0.29) is 19.3 Å². The minimum atomic E-state index is -0.0506. The Morgan fingerprint density at radius 2 is 2.42 bits per heavy atom. The Balaban J connectivity index is 2.16. The fourth-order valence-electron chi connectivity index (χ4n) is 1.38. The van der Waals surface area contributed by atoms with Gasteiger partial charge in [0, 0.05) is 19.6 Å². The van der Waals surface area contributed by atoms with E-state index in [4.69, 9.17) is 9.84 Å². The summed E-state index contributed by atoms with van der Waals surface area (Å²) in [6, 6.07) is 0. The van der Waals surface area contributed by atoms with Crippen LogP contribution in [0.4, 0.5) is 0 Å². The maximum Gasteiger partial charge on any atom is 0.0932 e. The molecule has 12 heavy (non-hydrogen) atoms. The van der Waals surface area contributed by atoms with Crippen molar-refractivity contribution in [2.75, 3.05) is 39.5 Å². The van der Waals surface area contributed by atoms with Gasteiger partial charge in [-0.05, 0) is 6.42 Å². The zero-order valence-electron chi connectivity index (χ0n) is 7.24. The smallest absolute Gasteiger partial charge is 0.0932 e. The van der Waals surface area contributed by atoms with Crippen molar-refractivity contribution in [2.24, 2.45) is 0 Å². The second-order valence-electron chi connectivity index (χ2n) is 3.03. The summed E-state index contributed by atoms with van der Waals surface area (Å²) in [7, 11) is 0. The molecule has 1 heterocycles. The number of ether oxygens (including phenoxy) is 1. The zero-order valence-corrected chi connectivity index (χ0v) is 7.24. The Bertz CT molecular complexity index is 121. The first-order valence-corrected chi connectivity index (χ1v) is 4.39. The molecule has 0 aromatic rings. The van der Waals surface area contributed by atoms with Gasteiger partial charge < -0.3 is 9.84 Å². The summed E-state index contributed by atoms with van der Waals surface area (Å²) in [6.45, 7) is 3.22. The molecule has 1 atom stereocenters. The highest BCUT2D eigenvalue weighted by Gasteiger charge is 2.18. The van der Waals surface area contributed by atoms with Crippen LogP contribution in [-0.2, 0) is 9.84 Å². The molecule has 1 unspecified atom stereocenters. The summed E-state index contributed by atoms with van der Waals surface area (Å²) in [5, 5.41) is 19.0. The fraction of sp³-hybridized carbons (Fsp3) is 1.00. The van der Waals surface area contributed by atoms with E-state index in [0.29, 0.717) is 13.0 Å². The van der Waals surface area contributed by atoms with Crippen molar-refractivity contribution >= 4 is 0 Å². The molecule has 1 saturated heterocycles. The first kappa shape index (κ1) is 9.92. The van der Waals surface area contributed by atoms with Crippen LogP contribution in [0.3, 0.4) is 0 Å². The molecule has 0 aromatic carbocycles. The van der Waals surface area contributed by atoms with E-state index >= 15 is 0 Å². The van der Waals surface area contributed by atoms with Gasteiger partial charge in [0.25, 0.3) is 0 Å². The van der Waals surface area contributed by atoms with Gasteiger partial charge in [-0.1, -0.05) is 0 Å². The van der Waals surface area contributed by atoms with Gasteiger partial charge >= 0.3 is 0 Å². The largest absolute Gasteiger partial charge is 0.394 e. The molecule has 71 valence electrons. The summed E-state index contributed by atoms with van der Waals surface area (Å²) in [4.78, 5) is 2.17. The molecule has 4 nitrogen and oxygen atoms in total. The molecule has 0 aliphatic carbocycles. The lowest BCUT2D eigenvalue weighted by Gasteiger charge is -2.31. The number of aliphatic hydroxyl groups is 1. The van der Waals surface area contributed by atoms with Crippen molar-refractivity contribution in [1.29, 1.82) is 0 Å². The van der Waals surface area contributed by atoms with E-state index in [0.717, 1.165) is 19.6 Å². The number of hydrogen-bond donors (Lipinski definition) is 1. The van der Waals surface area contributed by atoms with Crippen molar-refractivity contribution in [3.05, 3.63) is 0 Å². The van der Waals surface area contributed by atoms with Gasteiger partial charge in [0.1, 0.15) is 0 Å². The first-order valence-electron chi connectivity index (χ1n) is 4.39. The molecule has 0 spiro atoms. The quantitative estimate of drug-likeness (QED) is 0.625. The van der Waals surface area contributed by atoms with Gasteiger partial charge in [-0.25, -0.2) is 5.11 Å². The molecule has 0 amide bonds. The average Bonchev–Trinajstić information content (AvgIpc) is 2.15. The molecule has 0 bridgehead atoms. The second-order valence-corrected chi connectivity index (χ2v) is 3.03. The number of nitrogens with zero attached hydrogens (tertiary/aromatic N) is 1. The SMILES string of the molecule is [O]CCCN1CCOC(CO)C1. The van der Waals surface area contributed by atoms with Crippen molar-refractivity contribution in [1.82, 2.24) is 4.90 Å². The lowest BCUT2D eigenvalue weighted by molar-refractivity contribution is -0.0540. The zero-order chi connectivity index (χ0) is 8.81. The van der Waals surface area contributed by atoms with Gasteiger partial charge in [-0.15, -0.1) is 0 Å². The van der Waals surface area contributed by atoms with Crippen LogP contribution < -0.4 is 0 Å². The molecule has 1 rings (SSSR count). The highest BCUT2D eigenvalue weighted by atomic mass is 16.5. The minimum Gasteiger partial charge on any atom is -0.394 e. The number of hydrogen-bond acceptors (Lipinski definition) is 3. The van der Waals surface area contributed by atoms with Crippen molar-refractivity contribution in [3.63, 3.8) is 0 Å². The molecular formula is C8H16NO3. The predicted molar refractivity (Wildman–Crippen MR) is 43.4 cm³/mol. The Kier molecular flexibility index (Phi) is 4.53. The van der Waals surface area contributed by atoms with Gasteiger partial charge in [0.05, 0.1) is 25.9 Å². The van der Waals surface area contributed by atoms with Crippen LogP contribution >= 0.6 is 0 Å². The fourth-order valence-corrected chi connectivity index (χ4v) is 1.38. The summed E-state index contributed by atoms with van der Waals surface area (Å²) >= 11 is 0. The van der Waals surface area contributed by atoms with Crippen molar-refractivity contribution in [2.45, 2.75) is 12.5 Å². The third-order valence-corrected chi connectivity index (χ3v) is 2.05. The normalized spacial score (nSPS) is 26.0. The molecule has 0 aromatic heterocycles. The highest BCUT2D eigenvalue weighted by molar-refractivity contribution is 4.70. The van der Waals surface area contributed by atoms with Crippen molar-refractivity contribution < 1.29 is 14.9 Å². The van der Waals surface area contributed by atoms with Gasteiger partial charge in [0.15, 0.2) is 0 Å². The van der Waals surface area contributed by atoms with Crippen LogP contribution in [0.5, 0.6) is 0 Å². The molecule has 0 saturated carbocycles. The monoisotopic (exact) mass is 174 g/mol. The van der Waals surface area contributed by atoms with E-state index < -0.39 is 0 Å². The Morgan fingerprint density at radius 1 is 1.58 bits per heavy atom. The summed E-state index contributed by atoms with van der Waals surface area (Å²) in [5.74, 6) is 0. The van der Waals surface area contributed by atoms with E-state index in [1.807, 2.05) is 0 Å². The highest BCUT2D eigenvalue weighted by Crippen LogP contribution is 2.04. The van der Waals surface area contributed by atoms with E-state index in [2.05, 4.69) is 4.90 Å². The van der Waals surface area contributed by atoms with Crippen LogP contribution in [0.2, 0.25) is 0 Å². The lowest BCUT2D eigenvalue weighted by atomic mass is 10.2. The topological polar surface area (TPSA) is 52.6 Å². The van der Waals surface area contributed by atoms with Crippen LogP contribution in [0.15, 0.2) is 0 Å². The standard InChI is InChI=1S/C8H16NO3/c10-4-1-2-9-3-5-12-8(6-9)7-11/h8,11H,1-7H2. The Morgan fingerprint density at radius 3 is 3.08 bits per heavy atom. The van der Waals surface area contributed by atoms with Crippen molar-refractivity contribution in [3.8, 4) is 0 Å². The molecule has 1 fully saturated rings. The maximum absolute atomic E-state index is 10.2. The van der Waals surface area contributed by atoms with Gasteiger partial charge in [0.2, 0.25) is 0 Å². The molecule has 1 N–H and O–H groups in total. The number of aliphatic hydroxyl groups excluding tert-OH is 1. The molecular weight excluding hydrogens is 158 g/mol. The Labute approximate surface area is 72.7 Å². The molecule has 1 aliphatic heterocycles. The number of morpholine rings is 1. The van der Waals surface area contributed by atoms with E-state index in [9.17, 15) is 5.11 Å². The summed E-state index contributed by atoms with van der Waals surface area (Å²) in [6.07, 6.45) is 0.642. The Hall–Kier alpha value is -0.160. The third kappa shape index (κ3) is 3.06. The molecule has 1 aliphatic rings. The van der Waals surface area contributed by atoms with Crippen LogP contribution in [0.25, 0.3) is 0 Å². The molecule has 4 heteroatoms. The van der Waals surface area contributed by atoms with Crippen LogP contribution in [0, 0.1) is 0 Å². The average molecular weight is 174 g/mol. The van der Waals surface area contributed by atoms with E-state index in [1.165, 1.54) is 0 Å². The van der Waals surface area contributed by atoms with Crippen LogP contribution in [-0.4, -0.2) is 55.6 Å². The third-order valence-electron chi connectivity index (χ3n) is 2.05. The number of rotatable bonds is 4. The van der Waals surface area contributed by atoms with Gasteiger partial charge in [-0.3, -0.25) is 4.90 Å². The van der Waals surface area contributed by atoms with Gasteiger partial charge in [-0.2, -0.15) is 0 Å². The molecule has 1 radical (unpaired) electrons. The van der Waals surface area contributed by atoms with Crippen LogP contribution in [0.1, 0.15) is 6.42 Å². The minimum absolute atomic E-state index is 0.0127. The summed E-state index contributed by atoms with van der Waals surface area (Å²) < 4.78 is 5.27. The first-order chi connectivity index (χ1) is 5.86. The van der Waals surface area contributed by atoms with E-state index in [1.54, 1.807) is 0 Å². The summed E-state index contributed by atoms with van der Waals surface area (Å²) in [5.41, 5.74) is 0. The second kappa shape index (κ2) is 5.48. The maximum atomic E-state index is 10.2.